The highest BCUT2D eigenvalue weighted by Crippen LogP contribution is 2.66. The molecular weight excluding hydrogens is 538 g/mol. The van der Waals surface area contributed by atoms with Crippen LogP contribution in [-0.4, -0.2) is 64.3 Å². The van der Waals surface area contributed by atoms with Gasteiger partial charge in [-0.2, -0.15) is 17.4 Å². The van der Waals surface area contributed by atoms with Crippen LogP contribution in [0, 0.1) is 0 Å². The van der Waals surface area contributed by atoms with Crippen LogP contribution in [-0.2, 0) is 31.6 Å². The topological polar surface area (TPSA) is 244 Å². The van der Waals surface area contributed by atoms with Gasteiger partial charge in [0.2, 0.25) is 6.23 Å². The second-order valence-electron chi connectivity index (χ2n) is 6.13. The minimum absolute atomic E-state index is 0.184. The second kappa shape index (κ2) is 9.07. The van der Waals surface area contributed by atoms with Gasteiger partial charge in [0, 0.05) is 12.3 Å². The van der Waals surface area contributed by atoms with E-state index in [1.54, 1.807) is 4.98 Å². The van der Waals surface area contributed by atoms with E-state index in [2.05, 4.69) is 13.1 Å². The lowest BCUT2D eigenvalue weighted by Gasteiger charge is -2.29. The molecule has 1 aromatic heterocycles. The lowest BCUT2D eigenvalue weighted by Crippen LogP contribution is -2.50. The van der Waals surface area contributed by atoms with Crippen molar-refractivity contribution < 1.29 is 65.0 Å². The van der Waals surface area contributed by atoms with Gasteiger partial charge < -0.3 is 29.4 Å². The van der Waals surface area contributed by atoms with Crippen molar-refractivity contribution in [3.8, 4) is 0 Å². The number of halogens is 3. The number of phosphoric acid groups is 3. The fourth-order valence-corrected chi connectivity index (χ4v) is 5.82. The van der Waals surface area contributed by atoms with Gasteiger partial charge in [-0.25, -0.2) is 18.5 Å². The minimum Gasteiger partial charge on any atom is -0.383 e. The Labute approximate surface area is 179 Å². The number of nitrogens with zero attached hydrogens (tertiary/aromatic N) is 1. The minimum atomic E-state index is -5.90. The van der Waals surface area contributed by atoms with E-state index in [1.165, 1.54) is 0 Å². The van der Waals surface area contributed by atoms with Gasteiger partial charge in [-0.15, -0.1) is 11.6 Å². The van der Waals surface area contributed by atoms with E-state index in [1.807, 2.05) is 0 Å². The molecule has 1 saturated heterocycles. The van der Waals surface area contributed by atoms with Crippen LogP contribution in [0.1, 0.15) is 6.23 Å². The predicted octanol–water partition coefficient (Wildman–Crippen LogP) is -0.618. The average Bonchev–Trinajstić information content (AvgIpc) is 2.78. The number of rotatable bonds is 9. The number of nitrogens with one attached hydrogen (secondary N) is 1. The molecule has 2 rings (SSSR count). The van der Waals surface area contributed by atoms with Crippen molar-refractivity contribution in [1.82, 2.24) is 9.55 Å². The SMILES string of the molecule is O=c1ccn(C2O[C@](CCl)(COP(=O)(O)OP(=O)(O)OP(=O)(O)O)[C@@H](O)C2(F)F)c(=O)[nH]1. The Kier molecular flexibility index (Phi) is 7.77. The standard InChI is InChI=1S/C10H14ClF2N2O14P3/c11-3-9(4-26-31(22,23)29-32(24,25)28-30(19,20)21)6(17)10(12,13)7(27-9)15-2-1-5(16)14-8(15)18/h1-2,6-7,17H,3-4H2,(H,22,23)(H,24,25)(H,14,16,18)(H2,19,20,21)/t6-,7?,9-/m1/s1. The summed E-state index contributed by atoms with van der Waals surface area (Å²) in [5.74, 6) is -5.36. The van der Waals surface area contributed by atoms with E-state index in [4.69, 9.17) is 31.0 Å². The predicted molar refractivity (Wildman–Crippen MR) is 95.7 cm³/mol. The first kappa shape index (κ1) is 27.4. The number of hydrogen-bond donors (Lipinski definition) is 6. The maximum absolute atomic E-state index is 14.6. The van der Waals surface area contributed by atoms with Crippen LogP contribution < -0.4 is 11.2 Å². The molecule has 1 aliphatic rings. The molecule has 2 heterocycles. The Morgan fingerprint density at radius 1 is 1.16 bits per heavy atom. The van der Waals surface area contributed by atoms with Gasteiger partial charge in [-0.1, -0.05) is 0 Å². The lowest BCUT2D eigenvalue weighted by atomic mass is 9.97. The summed E-state index contributed by atoms with van der Waals surface area (Å²) in [6, 6.07) is 0.681. The number of alkyl halides is 3. The molecule has 6 N–H and O–H groups in total. The molecule has 1 fully saturated rings. The van der Waals surface area contributed by atoms with E-state index < -0.39 is 71.1 Å². The quantitative estimate of drug-likeness (QED) is 0.165. The summed E-state index contributed by atoms with van der Waals surface area (Å²) in [5.41, 5.74) is -5.03. The number of phosphoric ester groups is 1. The van der Waals surface area contributed by atoms with Crippen LogP contribution in [0.15, 0.2) is 21.9 Å². The summed E-state index contributed by atoms with van der Waals surface area (Å²) in [5, 5.41) is 10.1. The third-order valence-corrected chi connectivity index (χ3v) is 7.99. The van der Waals surface area contributed by atoms with Gasteiger partial charge in [-0.05, 0) is 0 Å². The highest BCUT2D eigenvalue weighted by atomic mass is 35.5. The van der Waals surface area contributed by atoms with Crippen LogP contribution >= 0.6 is 35.1 Å². The molecule has 0 radical (unpaired) electrons. The number of hydrogen-bond acceptors (Lipinski definition) is 10. The van der Waals surface area contributed by atoms with E-state index in [0.717, 1.165) is 0 Å². The van der Waals surface area contributed by atoms with Gasteiger partial charge in [0.05, 0.1) is 12.5 Å². The summed E-state index contributed by atoms with van der Waals surface area (Å²) < 4.78 is 79.3. The van der Waals surface area contributed by atoms with Crippen LogP contribution in [0.4, 0.5) is 8.78 Å². The summed E-state index contributed by atoms with van der Waals surface area (Å²) in [4.78, 5) is 60.1. The van der Waals surface area contributed by atoms with Crippen molar-refractivity contribution in [3.05, 3.63) is 33.1 Å². The van der Waals surface area contributed by atoms with Crippen molar-refractivity contribution in [2.24, 2.45) is 0 Å². The van der Waals surface area contributed by atoms with Crippen LogP contribution in [0.25, 0.3) is 0 Å². The number of aromatic amines is 1. The number of aliphatic hydroxyl groups excluding tert-OH is 1. The van der Waals surface area contributed by atoms with Crippen molar-refractivity contribution in [2.75, 3.05) is 12.5 Å². The maximum atomic E-state index is 14.6. The molecule has 0 aliphatic carbocycles. The molecule has 3 unspecified atom stereocenters. The Morgan fingerprint density at radius 3 is 2.25 bits per heavy atom. The largest absolute Gasteiger partial charge is 0.490 e. The first-order valence-corrected chi connectivity index (χ1v) is 12.8. The molecule has 32 heavy (non-hydrogen) atoms. The number of H-pyrrole nitrogens is 1. The van der Waals surface area contributed by atoms with Crippen LogP contribution in [0.3, 0.4) is 0 Å². The highest BCUT2D eigenvalue weighted by Gasteiger charge is 2.67. The maximum Gasteiger partial charge on any atom is 0.490 e. The molecule has 0 spiro atoms. The highest BCUT2D eigenvalue weighted by molar-refractivity contribution is 7.66. The molecule has 0 aromatic carbocycles. The summed E-state index contributed by atoms with van der Waals surface area (Å²) >= 11 is 5.57. The zero-order valence-corrected chi connectivity index (χ0v) is 18.5. The average molecular weight is 553 g/mol. The number of ether oxygens (including phenoxy) is 1. The molecule has 0 saturated carbocycles. The molecule has 22 heteroatoms. The van der Waals surface area contributed by atoms with Gasteiger partial charge in [-0.3, -0.25) is 18.9 Å². The van der Waals surface area contributed by atoms with Crippen molar-refractivity contribution in [2.45, 2.75) is 23.9 Å². The fourth-order valence-electron chi connectivity index (χ4n) is 2.46. The Balaban J connectivity index is 2.28. The molecule has 5 atom stereocenters. The van der Waals surface area contributed by atoms with Crippen molar-refractivity contribution in [1.29, 1.82) is 0 Å². The zero-order chi connectivity index (χ0) is 24.8. The normalized spacial score (nSPS) is 29.4. The molecule has 184 valence electrons. The summed E-state index contributed by atoms with van der Waals surface area (Å²) in [6.45, 7) is -1.52. The summed E-state index contributed by atoms with van der Waals surface area (Å²) in [6.07, 6.45) is -4.88. The molecular formula is C10H14ClF2N2O14P3. The van der Waals surface area contributed by atoms with Crippen molar-refractivity contribution in [3.63, 3.8) is 0 Å². The summed E-state index contributed by atoms with van der Waals surface area (Å²) in [7, 11) is -17.4. The monoisotopic (exact) mass is 552 g/mol. The lowest BCUT2D eigenvalue weighted by molar-refractivity contribution is -0.143. The molecule has 1 aliphatic heterocycles. The van der Waals surface area contributed by atoms with Gasteiger partial charge in [0.15, 0.2) is 6.10 Å². The number of aliphatic hydroxyl groups is 1. The van der Waals surface area contributed by atoms with E-state index in [-0.39, 0.29) is 4.57 Å². The zero-order valence-electron chi connectivity index (χ0n) is 15.1. The third-order valence-electron chi connectivity index (χ3n) is 3.76. The smallest absolute Gasteiger partial charge is 0.383 e. The van der Waals surface area contributed by atoms with E-state index in [9.17, 15) is 42.1 Å². The van der Waals surface area contributed by atoms with Crippen LogP contribution in [0.2, 0.25) is 0 Å². The molecule has 16 nitrogen and oxygen atoms in total. The Morgan fingerprint density at radius 2 is 1.75 bits per heavy atom. The fraction of sp³-hybridized carbons (Fsp3) is 0.600. The Hall–Kier alpha value is -0.840. The van der Waals surface area contributed by atoms with Gasteiger partial charge in [0.1, 0.15) is 5.60 Å². The van der Waals surface area contributed by atoms with Gasteiger partial charge >= 0.3 is 35.1 Å². The van der Waals surface area contributed by atoms with Crippen LogP contribution in [0.5, 0.6) is 0 Å². The molecule has 0 amide bonds. The number of aromatic nitrogens is 2. The first-order chi connectivity index (χ1) is 14.3. The van der Waals surface area contributed by atoms with E-state index in [0.29, 0.717) is 12.3 Å². The molecule has 1 aromatic rings. The second-order valence-corrected chi connectivity index (χ2v) is 10.8. The molecule has 0 bridgehead atoms. The first-order valence-electron chi connectivity index (χ1n) is 7.74. The third kappa shape index (κ3) is 6.18. The Bertz CT molecular complexity index is 1120. The van der Waals surface area contributed by atoms with Crippen molar-refractivity contribution >= 4 is 35.1 Å². The van der Waals surface area contributed by atoms with Gasteiger partial charge in [0.25, 0.3) is 5.56 Å². The van der Waals surface area contributed by atoms with E-state index >= 15 is 0 Å².